The van der Waals surface area contributed by atoms with Crippen LogP contribution in [0.1, 0.15) is 37.4 Å². The van der Waals surface area contributed by atoms with E-state index >= 15 is 0 Å². The predicted octanol–water partition coefficient (Wildman–Crippen LogP) is 3.09. The molecule has 0 saturated carbocycles. The van der Waals surface area contributed by atoms with Crippen LogP contribution in [0.15, 0.2) is 54.6 Å². The fourth-order valence-corrected chi connectivity index (χ4v) is 3.94. The Morgan fingerprint density at radius 1 is 0.893 bits per heavy atom. The Morgan fingerprint density at radius 2 is 1.50 bits per heavy atom. The molecule has 7 nitrogen and oxygen atoms in total. The number of phenols is 2. The summed E-state index contributed by atoms with van der Waals surface area (Å²) >= 11 is 0. The molecule has 0 atom stereocenters. The molecule has 0 saturated heterocycles. The van der Waals surface area contributed by atoms with Gasteiger partial charge in [-0.2, -0.15) is 0 Å². The minimum Gasteiger partial charge on any atom is -0.508 e. The van der Waals surface area contributed by atoms with E-state index in [1.807, 2.05) is 0 Å². The standard InChI is InChI=1S/C21H12NO6/c22-19(25)12-2-1-3-15-18(12)20(26)28-21(15)13-6-4-10(23)8-16(13)27-17-9-11(24)5-7-14(17)21/h1-9,22-24H. The quantitative estimate of drug-likeness (QED) is 0.632. The molecule has 3 N–H and O–H groups in total. The van der Waals surface area contributed by atoms with E-state index in [9.17, 15) is 19.8 Å². The number of benzene rings is 3. The SMILES string of the molecule is [NH]C(=O)c1cccc2c1C(=O)OC21c2ccc(O)cc2Oc2cc(O)ccc21. The fourth-order valence-electron chi connectivity index (χ4n) is 3.94. The molecule has 0 fully saturated rings. The second kappa shape index (κ2) is 5.26. The molecule has 0 unspecified atom stereocenters. The van der Waals surface area contributed by atoms with Gasteiger partial charge in [0, 0.05) is 28.8 Å². The number of carbonyl (C=O) groups excluding carboxylic acids is 2. The number of amides is 1. The Bertz CT molecular complexity index is 1150. The van der Waals surface area contributed by atoms with E-state index in [4.69, 9.17) is 15.2 Å². The Morgan fingerprint density at radius 3 is 2.07 bits per heavy atom. The number of rotatable bonds is 1. The number of fused-ring (bicyclic) bond motifs is 6. The van der Waals surface area contributed by atoms with Gasteiger partial charge >= 0.3 is 5.97 Å². The van der Waals surface area contributed by atoms with Gasteiger partial charge in [0.2, 0.25) is 0 Å². The highest BCUT2D eigenvalue weighted by Gasteiger charge is 2.54. The highest BCUT2D eigenvalue weighted by molar-refractivity contribution is 6.08. The molecule has 0 aromatic heterocycles. The fraction of sp³-hybridized carbons (Fsp3) is 0.0476. The maximum atomic E-state index is 12.8. The van der Waals surface area contributed by atoms with Crippen LogP contribution in [0.2, 0.25) is 0 Å². The average molecular weight is 374 g/mol. The van der Waals surface area contributed by atoms with Crippen LogP contribution in [0.3, 0.4) is 0 Å². The summed E-state index contributed by atoms with van der Waals surface area (Å²) in [6.45, 7) is 0. The van der Waals surface area contributed by atoms with Gasteiger partial charge in [0.15, 0.2) is 5.60 Å². The molecule has 3 aromatic carbocycles. The van der Waals surface area contributed by atoms with Crippen molar-refractivity contribution < 1.29 is 29.3 Å². The van der Waals surface area contributed by atoms with E-state index in [1.165, 1.54) is 30.3 Å². The second-order valence-electron chi connectivity index (χ2n) is 6.59. The number of phenolic OH excluding ortho intramolecular Hbond substituents is 2. The zero-order chi connectivity index (χ0) is 19.6. The highest BCUT2D eigenvalue weighted by atomic mass is 16.6. The largest absolute Gasteiger partial charge is 0.508 e. The minimum absolute atomic E-state index is 0.0300. The first-order valence-corrected chi connectivity index (χ1v) is 8.39. The minimum atomic E-state index is -1.43. The summed E-state index contributed by atoms with van der Waals surface area (Å²) in [4.78, 5) is 24.6. The van der Waals surface area contributed by atoms with E-state index < -0.39 is 17.5 Å². The Labute approximate surface area is 158 Å². The number of nitrogens with one attached hydrogen (secondary N) is 1. The van der Waals surface area contributed by atoms with Gasteiger partial charge in [-0.3, -0.25) is 10.5 Å². The lowest BCUT2D eigenvalue weighted by Gasteiger charge is -2.36. The molecule has 0 bridgehead atoms. The Kier molecular flexibility index (Phi) is 3.04. The van der Waals surface area contributed by atoms with Gasteiger partial charge in [-0.05, 0) is 30.3 Å². The zero-order valence-electron chi connectivity index (χ0n) is 14.2. The normalized spacial score (nSPS) is 15.2. The van der Waals surface area contributed by atoms with E-state index in [1.54, 1.807) is 24.3 Å². The lowest BCUT2D eigenvalue weighted by Crippen LogP contribution is -2.32. The molecular formula is C21H12NO6. The van der Waals surface area contributed by atoms with Crippen molar-refractivity contribution in [2.24, 2.45) is 0 Å². The second-order valence-corrected chi connectivity index (χ2v) is 6.59. The lowest BCUT2D eigenvalue weighted by molar-refractivity contribution is 0.0223. The first-order valence-electron chi connectivity index (χ1n) is 8.39. The molecule has 0 aliphatic carbocycles. The maximum absolute atomic E-state index is 12.8. The van der Waals surface area contributed by atoms with Crippen LogP contribution in [0, 0.1) is 0 Å². The molecule has 1 spiro atoms. The van der Waals surface area contributed by atoms with Crippen LogP contribution in [0.5, 0.6) is 23.0 Å². The summed E-state index contributed by atoms with van der Waals surface area (Å²) in [5.41, 5.74) is 7.37. The number of aromatic hydroxyl groups is 2. The summed E-state index contributed by atoms with van der Waals surface area (Å²) in [6, 6.07) is 13.5. The molecule has 7 heteroatoms. The summed E-state index contributed by atoms with van der Waals surface area (Å²) in [5.74, 6) is -1.31. The maximum Gasteiger partial charge on any atom is 0.340 e. The third-order valence-corrected chi connectivity index (χ3v) is 5.05. The van der Waals surface area contributed by atoms with Crippen LogP contribution < -0.4 is 10.5 Å². The van der Waals surface area contributed by atoms with Gasteiger partial charge in [-0.15, -0.1) is 0 Å². The summed E-state index contributed by atoms with van der Waals surface area (Å²) in [6.07, 6.45) is 0. The van der Waals surface area contributed by atoms with Crippen LogP contribution in [-0.4, -0.2) is 22.1 Å². The van der Waals surface area contributed by atoms with Crippen molar-refractivity contribution in [3.63, 3.8) is 0 Å². The molecule has 1 amide bonds. The molecule has 2 aliphatic heterocycles. The van der Waals surface area contributed by atoms with Gasteiger partial charge < -0.3 is 19.7 Å². The van der Waals surface area contributed by atoms with E-state index in [0.717, 1.165) is 0 Å². The van der Waals surface area contributed by atoms with Crippen LogP contribution in [-0.2, 0) is 10.3 Å². The highest BCUT2D eigenvalue weighted by Crippen LogP contribution is 2.57. The molecule has 137 valence electrons. The molecule has 2 aliphatic rings. The summed E-state index contributed by atoms with van der Waals surface area (Å²) < 4.78 is 11.7. The summed E-state index contributed by atoms with van der Waals surface area (Å²) in [5, 5.41) is 19.8. The summed E-state index contributed by atoms with van der Waals surface area (Å²) in [7, 11) is 0. The first-order chi connectivity index (χ1) is 13.4. The van der Waals surface area contributed by atoms with Crippen molar-refractivity contribution in [2.45, 2.75) is 5.60 Å². The molecule has 2 heterocycles. The van der Waals surface area contributed by atoms with E-state index in [-0.39, 0.29) is 34.1 Å². The third kappa shape index (κ3) is 1.92. The number of hydrogen-bond acceptors (Lipinski definition) is 6. The van der Waals surface area contributed by atoms with Crippen molar-refractivity contribution in [1.29, 1.82) is 0 Å². The van der Waals surface area contributed by atoms with Crippen molar-refractivity contribution in [3.8, 4) is 23.0 Å². The van der Waals surface area contributed by atoms with Crippen LogP contribution in [0.4, 0.5) is 0 Å². The number of ether oxygens (including phenoxy) is 2. The first kappa shape index (κ1) is 16.2. The van der Waals surface area contributed by atoms with Crippen LogP contribution >= 0.6 is 0 Å². The van der Waals surface area contributed by atoms with E-state index in [2.05, 4.69) is 0 Å². The molecule has 5 rings (SSSR count). The van der Waals surface area contributed by atoms with Gasteiger partial charge in [0.25, 0.3) is 5.91 Å². The van der Waals surface area contributed by atoms with Crippen LogP contribution in [0.25, 0.3) is 0 Å². The van der Waals surface area contributed by atoms with Gasteiger partial charge in [0.1, 0.15) is 23.0 Å². The van der Waals surface area contributed by atoms with Crippen molar-refractivity contribution >= 4 is 11.9 Å². The van der Waals surface area contributed by atoms with Gasteiger partial charge in [-0.25, -0.2) is 4.79 Å². The Balaban J connectivity index is 1.91. The third-order valence-electron chi connectivity index (χ3n) is 5.05. The van der Waals surface area contributed by atoms with Crippen molar-refractivity contribution in [2.75, 3.05) is 0 Å². The number of hydrogen-bond donors (Lipinski definition) is 2. The Hall–Kier alpha value is -4.00. The van der Waals surface area contributed by atoms with Crippen molar-refractivity contribution in [1.82, 2.24) is 5.73 Å². The van der Waals surface area contributed by atoms with Crippen molar-refractivity contribution in [3.05, 3.63) is 82.4 Å². The molecule has 3 aromatic rings. The number of esters is 1. The average Bonchev–Trinajstić information content (AvgIpc) is 2.95. The lowest BCUT2D eigenvalue weighted by atomic mass is 9.77. The zero-order valence-corrected chi connectivity index (χ0v) is 14.2. The monoisotopic (exact) mass is 374 g/mol. The smallest absolute Gasteiger partial charge is 0.340 e. The molecular weight excluding hydrogens is 362 g/mol. The predicted molar refractivity (Wildman–Crippen MR) is 95.5 cm³/mol. The molecule has 1 radical (unpaired) electrons. The van der Waals surface area contributed by atoms with E-state index in [0.29, 0.717) is 16.7 Å². The number of carbonyl (C=O) groups is 2. The van der Waals surface area contributed by atoms with Gasteiger partial charge in [-0.1, -0.05) is 12.1 Å². The topological polar surface area (TPSA) is 117 Å². The molecule has 28 heavy (non-hydrogen) atoms. The van der Waals surface area contributed by atoms with Gasteiger partial charge in [0.05, 0.1) is 11.1 Å².